The molecular formula is C10H10O2S. The molecule has 1 aromatic carbocycles. The molecule has 0 spiro atoms. The first-order valence-electron chi connectivity index (χ1n) is 3.94. The molecule has 0 radical (unpaired) electrons. The monoisotopic (exact) mass is 194 g/mol. The molecule has 0 aliphatic carbocycles. The average molecular weight is 194 g/mol. The predicted molar refractivity (Wildman–Crippen MR) is 52.8 cm³/mol. The van der Waals surface area contributed by atoms with Crippen molar-refractivity contribution < 1.29 is 8.42 Å². The fourth-order valence-electron chi connectivity index (χ4n) is 0.730. The van der Waals surface area contributed by atoms with Crippen molar-refractivity contribution in [3.05, 3.63) is 35.9 Å². The van der Waals surface area contributed by atoms with Gasteiger partial charge in [-0.05, 0) is 12.1 Å². The Morgan fingerprint density at radius 2 is 1.85 bits per heavy atom. The van der Waals surface area contributed by atoms with Gasteiger partial charge in [-0.1, -0.05) is 31.0 Å². The minimum absolute atomic E-state index is 0.0623. The third kappa shape index (κ3) is 3.30. The van der Waals surface area contributed by atoms with E-state index in [-0.39, 0.29) is 5.75 Å². The van der Waals surface area contributed by atoms with Crippen LogP contribution in [0.25, 0.3) is 0 Å². The molecule has 0 atom stereocenters. The number of benzene rings is 1. The molecule has 3 heteroatoms. The maximum atomic E-state index is 11.0. The topological polar surface area (TPSA) is 34.1 Å². The lowest BCUT2D eigenvalue weighted by molar-refractivity contribution is 0.607. The lowest BCUT2D eigenvalue weighted by atomic mass is 10.2. The van der Waals surface area contributed by atoms with Crippen LogP contribution in [0.15, 0.2) is 30.3 Å². The van der Waals surface area contributed by atoms with E-state index >= 15 is 0 Å². The van der Waals surface area contributed by atoms with Crippen molar-refractivity contribution in [2.24, 2.45) is 0 Å². The highest BCUT2D eigenvalue weighted by molar-refractivity contribution is 7.96. The fourth-order valence-corrected chi connectivity index (χ4v) is 1.15. The Morgan fingerprint density at radius 1 is 1.23 bits per heavy atom. The number of sulfone groups is 1. The van der Waals surface area contributed by atoms with E-state index in [1.54, 1.807) is 19.1 Å². The molecule has 1 rings (SSSR count). The van der Waals surface area contributed by atoms with Gasteiger partial charge < -0.3 is 0 Å². The zero-order valence-corrected chi connectivity index (χ0v) is 8.14. The Balaban J connectivity index is 2.92. The highest BCUT2D eigenvalue weighted by Gasteiger charge is 1.98. The van der Waals surface area contributed by atoms with Crippen molar-refractivity contribution in [1.82, 2.24) is 0 Å². The van der Waals surface area contributed by atoms with E-state index in [1.807, 2.05) is 18.2 Å². The van der Waals surface area contributed by atoms with Crippen molar-refractivity contribution in [1.29, 1.82) is 0 Å². The molecule has 0 saturated carbocycles. The van der Waals surface area contributed by atoms with Gasteiger partial charge in [-0.15, -0.1) is 0 Å². The van der Waals surface area contributed by atoms with Gasteiger partial charge in [0.2, 0.25) is 9.84 Å². The smallest absolute Gasteiger partial charge is 0.215 e. The van der Waals surface area contributed by atoms with Crippen LogP contribution in [0.4, 0.5) is 0 Å². The number of hydrogen-bond acceptors (Lipinski definition) is 2. The van der Waals surface area contributed by atoms with Crippen molar-refractivity contribution >= 4 is 9.84 Å². The Hall–Kier alpha value is -1.27. The minimum Gasteiger partial charge on any atom is -0.215 e. The van der Waals surface area contributed by atoms with Crippen molar-refractivity contribution in [2.75, 3.05) is 5.75 Å². The standard InChI is InChI=1S/C10H10O2S/c1-2-13(11,12)9-8-10-6-4-3-5-7-10/h3-7H,2H2,1H3. The van der Waals surface area contributed by atoms with Gasteiger partial charge in [-0.2, -0.15) is 0 Å². The third-order valence-corrected chi connectivity index (χ3v) is 2.68. The summed E-state index contributed by atoms with van der Waals surface area (Å²) in [5.74, 6) is 2.66. The highest BCUT2D eigenvalue weighted by atomic mass is 32.2. The first kappa shape index (κ1) is 9.82. The molecule has 0 fully saturated rings. The second kappa shape index (κ2) is 4.11. The van der Waals surface area contributed by atoms with E-state index in [4.69, 9.17) is 0 Å². The van der Waals surface area contributed by atoms with Crippen LogP contribution in [0, 0.1) is 11.2 Å². The second-order valence-corrected chi connectivity index (χ2v) is 4.51. The summed E-state index contributed by atoms with van der Waals surface area (Å²) in [5, 5.41) is 2.25. The number of hydrogen-bond donors (Lipinski definition) is 0. The summed E-state index contributed by atoms with van der Waals surface area (Å²) in [6.07, 6.45) is 0. The minimum atomic E-state index is -3.18. The van der Waals surface area contributed by atoms with Gasteiger partial charge >= 0.3 is 0 Å². The van der Waals surface area contributed by atoms with Crippen LogP contribution in [-0.2, 0) is 9.84 Å². The van der Waals surface area contributed by atoms with Gasteiger partial charge in [0, 0.05) is 10.8 Å². The molecule has 0 heterocycles. The molecule has 0 aromatic heterocycles. The van der Waals surface area contributed by atoms with Gasteiger partial charge in [0.25, 0.3) is 0 Å². The lowest BCUT2D eigenvalue weighted by Gasteiger charge is -1.87. The Kier molecular flexibility index (Phi) is 3.10. The van der Waals surface area contributed by atoms with Gasteiger partial charge in [0.1, 0.15) is 0 Å². The Morgan fingerprint density at radius 3 is 2.38 bits per heavy atom. The fraction of sp³-hybridized carbons (Fsp3) is 0.200. The summed E-state index contributed by atoms with van der Waals surface area (Å²) < 4.78 is 22.0. The molecule has 0 amide bonds. The first-order chi connectivity index (χ1) is 6.14. The molecule has 0 N–H and O–H groups in total. The van der Waals surface area contributed by atoms with E-state index in [1.165, 1.54) is 0 Å². The van der Waals surface area contributed by atoms with Crippen LogP contribution in [-0.4, -0.2) is 14.2 Å². The van der Waals surface area contributed by atoms with E-state index in [0.717, 1.165) is 5.56 Å². The zero-order valence-electron chi connectivity index (χ0n) is 7.32. The molecular weight excluding hydrogens is 184 g/mol. The molecule has 2 nitrogen and oxygen atoms in total. The van der Waals surface area contributed by atoms with Gasteiger partial charge in [-0.25, -0.2) is 8.42 Å². The van der Waals surface area contributed by atoms with Crippen LogP contribution >= 0.6 is 0 Å². The molecule has 1 aromatic rings. The normalized spacial score (nSPS) is 10.2. The summed E-state index contributed by atoms with van der Waals surface area (Å²) >= 11 is 0. The Labute approximate surface area is 78.5 Å². The zero-order chi connectivity index (χ0) is 9.73. The molecule has 0 aliphatic rings. The quantitative estimate of drug-likeness (QED) is 0.634. The molecule has 0 unspecified atom stereocenters. The van der Waals surface area contributed by atoms with Crippen molar-refractivity contribution in [3.8, 4) is 11.2 Å². The molecule has 13 heavy (non-hydrogen) atoms. The molecule has 0 bridgehead atoms. The largest absolute Gasteiger partial charge is 0.216 e. The van der Waals surface area contributed by atoms with Crippen LogP contribution in [0.5, 0.6) is 0 Å². The second-order valence-electron chi connectivity index (χ2n) is 2.50. The van der Waals surface area contributed by atoms with Gasteiger partial charge in [-0.3, -0.25) is 0 Å². The van der Waals surface area contributed by atoms with E-state index in [0.29, 0.717) is 0 Å². The lowest BCUT2D eigenvalue weighted by Crippen LogP contribution is -1.97. The number of rotatable bonds is 1. The summed E-state index contributed by atoms with van der Waals surface area (Å²) in [5.41, 5.74) is 0.722. The summed E-state index contributed by atoms with van der Waals surface area (Å²) in [7, 11) is -3.18. The van der Waals surface area contributed by atoms with Crippen LogP contribution in [0.1, 0.15) is 12.5 Å². The van der Waals surface area contributed by atoms with Crippen LogP contribution in [0.2, 0.25) is 0 Å². The predicted octanol–water partition coefficient (Wildman–Crippen LogP) is 1.43. The van der Waals surface area contributed by atoms with E-state index < -0.39 is 9.84 Å². The van der Waals surface area contributed by atoms with Crippen LogP contribution in [0.3, 0.4) is 0 Å². The first-order valence-corrected chi connectivity index (χ1v) is 5.60. The third-order valence-electron chi connectivity index (χ3n) is 1.50. The van der Waals surface area contributed by atoms with Gasteiger partial charge in [0.15, 0.2) is 0 Å². The average Bonchev–Trinajstić information content (AvgIpc) is 2.17. The maximum Gasteiger partial charge on any atom is 0.216 e. The van der Waals surface area contributed by atoms with E-state index in [2.05, 4.69) is 11.2 Å². The maximum absolute atomic E-state index is 11.0. The summed E-state index contributed by atoms with van der Waals surface area (Å²) in [6, 6.07) is 9.06. The van der Waals surface area contributed by atoms with E-state index in [9.17, 15) is 8.42 Å². The van der Waals surface area contributed by atoms with Crippen LogP contribution < -0.4 is 0 Å². The molecule has 0 aliphatic heterocycles. The Bertz CT molecular complexity index is 421. The van der Waals surface area contributed by atoms with Crippen molar-refractivity contribution in [2.45, 2.75) is 6.92 Å². The molecule has 0 saturated heterocycles. The summed E-state index contributed by atoms with van der Waals surface area (Å²) in [6.45, 7) is 1.58. The summed E-state index contributed by atoms with van der Waals surface area (Å²) in [4.78, 5) is 0. The van der Waals surface area contributed by atoms with Gasteiger partial charge in [0.05, 0.1) is 5.75 Å². The SMILES string of the molecule is CCS(=O)(=O)C#Cc1ccccc1. The van der Waals surface area contributed by atoms with Crippen molar-refractivity contribution in [3.63, 3.8) is 0 Å². The highest BCUT2D eigenvalue weighted by Crippen LogP contribution is 1.95. The molecule has 68 valence electrons.